The first-order valence-electron chi connectivity index (χ1n) is 9.29. The highest BCUT2D eigenvalue weighted by molar-refractivity contribution is 5.88. The van der Waals surface area contributed by atoms with Crippen LogP contribution in [0.5, 0.6) is 0 Å². The Kier molecular flexibility index (Phi) is 7.44. The third kappa shape index (κ3) is 5.26. The summed E-state index contributed by atoms with van der Waals surface area (Å²) in [5, 5.41) is 0. The van der Waals surface area contributed by atoms with E-state index in [0.29, 0.717) is 12.6 Å². The number of unbranched alkanes of at least 4 members (excludes halogenated alkanes) is 6. The van der Waals surface area contributed by atoms with Crippen molar-refractivity contribution in [2.45, 2.75) is 77.3 Å². The van der Waals surface area contributed by atoms with Crippen LogP contribution in [0.15, 0.2) is 30.3 Å². The van der Waals surface area contributed by atoms with E-state index in [0.717, 1.165) is 12.1 Å². The molecule has 0 spiro atoms. The van der Waals surface area contributed by atoms with Gasteiger partial charge in [-0.1, -0.05) is 70.1 Å². The zero-order valence-corrected chi connectivity index (χ0v) is 14.7. The normalized spacial score (nSPS) is 19.7. The number of hydrogen-bond acceptors (Lipinski definition) is 3. The van der Waals surface area contributed by atoms with Gasteiger partial charge in [-0.2, -0.15) is 0 Å². The SMILES string of the molecule is CCCCCCCCC[C@@H]1[C@H](C(=O)OCC)N1c1ccccc1. The standard InChI is InChI=1S/C20H31NO2/c1-3-5-6-7-8-9-13-16-18-19(20(22)23-4-2)21(18)17-14-11-10-12-15-17/h10-12,14-15,18-19H,3-9,13,16H2,1-2H3/t18-,19-,21?/m1/s1. The van der Waals surface area contributed by atoms with Crippen LogP contribution >= 0.6 is 0 Å². The first kappa shape index (κ1) is 17.8. The van der Waals surface area contributed by atoms with Gasteiger partial charge in [-0.05, 0) is 25.5 Å². The first-order chi connectivity index (χ1) is 11.3. The number of carbonyl (C=O) groups excluding carboxylic acids is 1. The van der Waals surface area contributed by atoms with E-state index in [1.807, 2.05) is 25.1 Å². The molecule has 0 saturated carbocycles. The van der Waals surface area contributed by atoms with Crippen LogP contribution in [0.4, 0.5) is 5.69 Å². The van der Waals surface area contributed by atoms with Gasteiger partial charge in [0, 0.05) is 5.69 Å². The van der Waals surface area contributed by atoms with E-state index >= 15 is 0 Å². The smallest absolute Gasteiger partial charge is 0.330 e. The fourth-order valence-corrected chi connectivity index (χ4v) is 3.34. The molecule has 2 rings (SSSR count). The second-order valence-electron chi connectivity index (χ2n) is 6.42. The van der Waals surface area contributed by atoms with E-state index in [9.17, 15) is 4.79 Å². The van der Waals surface area contributed by atoms with Gasteiger partial charge in [0.25, 0.3) is 0 Å². The van der Waals surface area contributed by atoms with Crippen molar-refractivity contribution in [3.63, 3.8) is 0 Å². The number of carbonyl (C=O) groups is 1. The van der Waals surface area contributed by atoms with Gasteiger partial charge in [0.2, 0.25) is 0 Å². The van der Waals surface area contributed by atoms with Crippen LogP contribution < -0.4 is 4.90 Å². The van der Waals surface area contributed by atoms with E-state index in [1.54, 1.807) is 0 Å². The molecule has 128 valence electrons. The summed E-state index contributed by atoms with van der Waals surface area (Å²) in [6.07, 6.45) is 10.3. The van der Waals surface area contributed by atoms with E-state index in [2.05, 4.69) is 24.0 Å². The Hall–Kier alpha value is -1.51. The van der Waals surface area contributed by atoms with Gasteiger partial charge < -0.3 is 9.64 Å². The Morgan fingerprint density at radius 2 is 1.65 bits per heavy atom. The molecule has 1 aromatic rings. The lowest BCUT2D eigenvalue weighted by Gasteiger charge is -2.06. The molecule has 0 bridgehead atoms. The molecule has 1 saturated heterocycles. The van der Waals surface area contributed by atoms with E-state index in [1.165, 1.54) is 44.9 Å². The maximum Gasteiger partial charge on any atom is 0.330 e. The molecule has 1 aliphatic rings. The van der Waals surface area contributed by atoms with Gasteiger partial charge in [-0.25, -0.2) is 4.79 Å². The van der Waals surface area contributed by atoms with E-state index in [-0.39, 0.29) is 12.0 Å². The summed E-state index contributed by atoms with van der Waals surface area (Å²) >= 11 is 0. The molecule has 23 heavy (non-hydrogen) atoms. The average molecular weight is 317 g/mol. The molecule has 1 aromatic carbocycles. The van der Waals surface area contributed by atoms with Crippen LogP contribution in [0.3, 0.4) is 0 Å². The van der Waals surface area contributed by atoms with Crippen molar-refractivity contribution >= 4 is 11.7 Å². The quantitative estimate of drug-likeness (QED) is 0.328. The molecule has 3 nitrogen and oxygen atoms in total. The van der Waals surface area contributed by atoms with E-state index in [4.69, 9.17) is 4.74 Å². The highest BCUT2D eigenvalue weighted by Gasteiger charge is 2.52. The second-order valence-corrected chi connectivity index (χ2v) is 6.42. The molecule has 0 amide bonds. The lowest BCUT2D eigenvalue weighted by Crippen LogP contribution is -2.16. The molecule has 2 atom stereocenters. The number of ether oxygens (including phenoxy) is 1. The van der Waals surface area contributed by atoms with Crippen molar-refractivity contribution in [1.82, 2.24) is 0 Å². The second kappa shape index (κ2) is 9.59. The summed E-state index contributed by atoms with van der Waals surface area (Å²) in [4.78, 5) is 14.4. The highest BCUT2D eigenvalue weighted by atomic mass is 16.5. The first-order valence-corrected chi connectivity index (χ1v) is 9.29. The molecule has 0 N–H and O–H groups in total. The maximum atomic E-state index is 12.1. The molecular formula is C20H31NO2. The Morgan fingerprint density at radius 3 is 2.30 bits per heavy atom. The summed E-state index contributed by atoms with van der Waals surface area (Å²) in [6.45, 7) is 4.58. The summed E-state index contributed by atoms with van der Waals surface area (Å²) in [6, 6.07) is 10.5. The van der Waals surface area contributed by atoms with Crippen molar-refractivity contribution < 1.29 is 9.53 Å². The number of anilines is 1. The fraction of sp³-hybridized carbons (Fsp3) is 0.650. The lowest BCUT2D eigenvalue weighted by molar-refractivity contribution is -0.142. The molecule has 1 heterocycles. The molecule has 1 aliphatic heterocycles. The van der Waals surface area contributed by atoms with Crippen molar-refractivity contribution in [3.05, 3.63) is 30.3 Å². The van der Waals surface area contributed by atoms with Gasteiger partial charge in [0.05, 0.1) is 12.6 Å². The molecule has 0 aromatic heterocycles. The fourth-order valence-electron chi connectivity index (χ4n) is 3.34. The third-order valence-electron chi connectivity index (χ3n) is 4.62. The lowest BCUT2D eigenvalue weighted by atomic mass is 10.1. The maximum absolute atomic E-state index is 12.1. The van der Waals surface area contributed by atoms with E-state index < -0.39 is 0 Å². The zero-order valence-electron chi connectivity index (χ0n) is 14.7. The monoisotopic (exact) mass is 317 g/mol. The zero-order chi connectivity index (χ0) is 16.5. The summed E-state index contributed by atoms with van der Waals surface area (Å²) in [5.41, 5.74) is 1.14. The Balaban J connectivity index is 1.77. The van der Waals surface area contributed by atoms with Crippen LogP contribution in [0.1, 0.15) is 65.2 Å². The molecule has 1 fully saturated rings. The van der Waals surface area contributed by atoms with Gasteiger partial charge in [0.15, 0.2) is 0 Å². The van der Waals surface area contributed by atoms with Crippen molar-refractivity contribution in [2.75, 3.05) is 11.5 Å². The predicted molar refractivity (Wildman–Crippen MR) is 95.7 cm³/mol. The molecule has 3 heteroatoms. The van der Waals surface area contributed by atoms with Crippen LogP contribution in [-0.2, 0) is 9.53 Å². The van der Waals surface area contributed by atoms with Gasteiger partial charge >= 0.3 is 5.97 Å². The largest absolute Gasteiger partial charge is 0.464 e. The number of esters is 1. The van der Waals surface area contributed by atoms with Crippen LogP contribution in [0.2, 0.25) is 0 Å². The van der Waals surface area contributed by atoms with Crippen molar-refractivity contribution in [3.8, 4) is 0 Å². The molecular weight excluding hydrogens is 286 g/mol. The van der Waals surface area contributed by atoms with Crippen LogP contribution in [-0.4, -0.2) is 24.7 Å². The van der Waals surface area contributed by atoms with Gasteiger partial charge in [-0.3, -0.25) is 0 Å². The summed E-state index contributed by atoms with van der Waals surface area (Å²) < 4.78 is 5.24. The van der Waals surface area contributed by atoms with Crippen LogP contribution in [0, 0.1) is 0 Å². The minimum Gasteiger partial charge on any atom is -0.464 e. The molecule has 0 radical (unpaired) electrons. The minimum atomic E-state index is -0.0718. The Morgan fingerprint density at radius 1 is 1.00 bits per heavy atom. The van der Waals surface area contributed by atoms with Gasteiger partial charge in [-0.15, -0.1) is 0 Å². The van der Waals surface area contributed by atoms with Crippen molar-refractivity contribution in [1.29, 1.82) is 0 Å². The highest BCUT2D eigenvalue weighted by Crippen LogP contribution is 2.39. The average Bonchev–Trinajstić information content (AvgIpc) is 3.29. The molecule has 0 unspecified atom stereocenters. The van der Waals surface area contributed by atoms with Crippen molar-refractivity contribution in [2.24, 2.45) is 0 Å². The Bertz CT molecular complexity index is 460. The minimum absolute atomic E-state index is 0.0655. The predicted octanol–water partition coefficient (Wildman–Crippen LogP) is 4.95. The topological polar surface area (TPSA) is 29.3 Å². The summed E-state index contributed by atoms with van der Waals surface area (Å²) in [5.74, 6) is -0.0655. The molecule has 0 aliphatic carbocycles. The van der Waals surface area contributed by atoms with Crippen LogP contribution in [0.25, 0.3) is 0 Å². The number of para-hydroxylation sites is 1. The number of benzene rings is 1. The number of hydrogen-bond donors (Lipinski definition) is 0. The van der Waals surface area contributed by atoms with Gasteiger partial charge in [0.1, 0.15) is 6.04 Å². The number of rotatable bonds is 11. The summed E-state index contributed by atoms with van der Waals surface area (Å²) in [7, 11) is 0. The number of nitrogens with zero attached hydrogens (tertiary/aromatic N) is 1. The third-order valence-corrected chi connectivity index (χ3v) is 4.62. The Labute approximate surface area is 141 Å².